The molecular weight excluding hydrogens is 340 g/mol. The molecule has 0 bridgehead atoms. The lowest BCUT2D eigenvalue weighted by Crippen LogP contribution is -2.38. The van der Waals surface area contributed by atoms with Gasteiger partial charge in [-0.25, -0.2) is 13.8 Å². The summed E-state index contributed by atoms with van der Waals surface area (Å²) in [5, 5.41) is 16.1. The third-order valence-corrected chi connectivity index (χ3v) is 3.73. The highest BCUT2D eigenvalue weighted by Gasteiger charge is 2.06. The SMILES string of the molecule is CCNC(=NCc1cc(OC)ccc1O)NCCc1cc(F)ccc1F. The number of hydrogen-bond acceptors (Lipinski definition) is 3. The van der Waals surface area contributed by atoms with E-state index in [1.54, 1.807) is 25.3 Å². The summed E-state index contributed by atoms with van der Waals surface area (Å²) in [5.41, 5.74) is 0.927. The summed E-state index contributed by atoms with van der Waals surface area (Å²) in [7, 11) is 1.55. The van der Waals surface area contributed by atoms with Crippen LogP contribution in [0.4, 0.5) is 8.78 Å². The third kappa shape index (κ3) is 5.61. The molecule has 0 aliphatic rings. The summed E-state index contributed by atoms with van der Waals surface area (Å²) in [5.74, 6) is 0.387. The maximum atomic E-state index is 13.6. The largest absolute Gasteiger partial charge is 0.508 e. The van der Waals surface area contributed by atoms with Gasteiger partial charge in [0.05, 0.1) is 13.7 Å². The van der Waals surface area contributed by atoms with Crippen LogP contribution in [0.25, 0.3) is 0 Å². The van der Waals surface area contributed by atoms with Crippen molar-refractivity contribution in [3.05, 3.63) is 59.2 Å². The van der Waals surface area contributed by atoms with Gasteiger partial charge in [-0.2, -0.15) is 0 Å². The average Bonchev–Trinajstić information content (AvgIpc) is 2.63. The minimum atomic E-state index is -0.463. The average molecular weight is 363 g/mol. The Labute approximate surface area is 151 Å². The molecule has 0 saturated carbocycles. The zero-order chi connectivity index (χ0) is 18.9. The number of guanidine groups is 1. The fourth-order valence-electron chi connectivity index (χ4n) is 2.37. The number of methoxy groups -OCH3 is 1. The van der Waals surface area contributed by atoms with E-state index in [0.29, 0.717) is 42.3 Å². The van der Waals surface area contributed by atoms with E-state index >= 15 is 0 Å². The highest BCUT2D eigenvalue weighted by Crippen LogP contribution is 2.23. The summed E-state index contributed by atoms with van der Waals surface area (Å²) in [6.07, 6.45) is 0.318. The first-order valence-electron chi connectivity index (χ1n) is 8.35. The fourth-order valence-corrected chi connectivity index (χ4v) is 2.37. The Morgan fingerprint density at radius 2 is 1.92 bits per heavy atom. The van der Waals surface area contributed by atoms with Gasteiger partial charge in [0.15, 0.2) is 5.96 Å². The molecular formula is C19H23F2N3O2. The second-order valence-electron chi connectivity index (χ2n) is 5.60. The van der Waals surface area contributed by atoms with E-state index in [9.17, 15) is 13.9 Å². The molecule has 0 heterocycles. The molecule has 0 radical (unpaired) electrons. The van der Waals surface area contributed by atoms with Crippen LogP contribution in [0.2, 0.25) is 0 Å². The Balaban J connectivity index is 1.99. The summed E-state index contributed by atoms with van der Waals surface area (Å²) in [6.45, 7) is 3.19. The van der Waals surface area contributed by atoms with Crippen molar-refractivity contribution < 1.29 is 18.6 Å². The van der Waals surface area contributed by atoms with Crippen molar-refractivity contribution in [2.75, 3.05) is 20.2 Å². The molecule has 0 amide bonds. The Kier molecular flexibility index (Phi) is 7.20. The van der Waals surface area contributed by atoms with Crippen molar-refractivity contribution in [1.82, 2.24) is 10.6 Å². The van der Waals surface area contributed by atoms with E-state index in [1.165, 1.54) is 6.07 Å². The van der Waals surface area contributed by atoms with Crippen LogP contribution in [-0.4, -0.2) is 31.3 Å². The normalized spacial score (nSPS) is 11.3. The number of phenols is 1. The number of aromatic hydroxyl groups is 1. The third-order valence-electron chi connectivity index (χ3n) is 3.73. The fraction of sp³-hybridized carbons (Fsp3) is 0.316. The van der Waals surface area contributed by atoms with Gasteiger partial charge in [-0.1, -0.05) is 0 Å². The topological polar surface area (TPSA) is 65.9 Å². The van der Waals surface area contributed by atoms with Crippen LogP contribution < -0.4 is 15.4 Å². The lowest BCUT2D eigenvalue weighted by molar-refractivity contribution is 0.411. The predicted molar refractivity (Wildman–Crippen MR) is 97.5 cm³/mol. The molecule has 0 aromatic heterocycles. The van der Waals surface area contributed by atoms with Gasteiger partial charge in [-0.15, -0.1) is 0 Å². The van der Waals surface area contributed by atoms with Crippen molar-refractivity contribution in [2.24, 2.45) is 4.99 Å². The molecule has 0 aliphatic carbocycles. The monoisotopic (exact) mass is 363 g/mol. The van der Waals surface area contributed by atoms with Crippen LogP contribution in [-0.2, 0) is 13.0 Å². The first-order chi connectivity index (χ1) is 12.5. The van der Waals surface area contributed by atoms with Gasteiger partial charge in [0, 0.05) is 18.7 Å². The molecule has 7 heteroatoms. The molecule has 0 fully saturated rings. The number of phenolic OH excluding ortho intramolecular Hbond substituents is 1. The van der Waals surface area contributed by atoms with E-state index < -0.39 is 11.6 Å². The number of nitrogens with zero attached hydrogens (tertiary/aromatic N) is 1. The Morgan fingerprint density at radius 1 is 1.12 bits per heavy atom. The second kappa shape index (κ2) is 9.60. The summed E-state index contributed by atoms with van der Waals surface area (Å²) < 4.78 is 32.0. The number of hydrogen-bond donors (Lipinski definition) is 3. The molecule has 0 unspecified atom stereocenters. The number of halogens is 2. The van der Waals surface area contributed by atoms with Crippen LogP contribution in [0.1, 0.15) is 18.1 Å². The smallest absolute Gasteiger partial charge is 0.191 e. The van der Waals surface area contributed by atoms with Gasteiger partial charge in [0.2, 0.25) is 0 Å². The molecule has 0 spiro atoms. The maximum absolute atomic E-state index is 13.6. The molecule has 3 N–H and O–H groups in total. The number of ether oxygens (including phenoxy) is 1. The highest BCUT2D eigenvalue weighted by atomic mass is 19.1. The number of rotatable bonds is 7. The quantitative estimate of drug-likeness (QED) is 0.523. The van der Waals surface area contributed by atoms with Crippen molar-refractivity contribution in [1.29, 1.82) is 0 Å². The second-order valence-corrected chi connectivity index (χ2v) is 5.60. The standard InChI is InChI=1S/C19H23F2N3O2/c1-3-22-19(23-9-8-13-10-15(20)4-6-17(13)21)24-12-14-11-16(26-2)5-7-18(14)25/h4-7,10-11,25H,3,8-9,12H2,1-2H3,(H2,22,23,24). The zero-order valence-corrected chi connectivity index (χ0v) is 14.9. The molecule has 2 rings (SSSR count). The van der Waals surface area contributed by atoms with E-state index in [0.717, 1.165) is 12.1 Å². The molecule has 140 valence electrons. The highest BCUT2D eigenvalue weighted by molar-refractivity contribution is 5.79. The van der Waals surface area contributed by atoms with Crippen LogP contribution in [0.3, 0.4) is 0 Å². The predicted octanol–water partition coefficient (Wildman–Crippen LogP) is 2.98. The molecule has 0 aliphatic heterocycles. The van der Waals surface area contributed by atoms with Crippen LogP contribution in [0.15, 0.2) is 41.4 Å². The van der Waals surface area contributed by atoms with Gasteiger partial charge in [-0.05, 0) is 55.3 Å². The molecule has 0 saturated heterocycles. The van der Waals surface area contributed by atoms with Gasteiger partial charge in [-0.3, -0.25) is 0 Å². The maximum Gasteiger partial charge on any atom is 0.191 e. The lowest BCUT2D eigenvalue weighted by Gasteiger charge is -2.12. The van der Waals surface area contributed by atoms with Crippen LogP contribution >= 0.6 is 0 Å². The zero-order valence-electron chi connectivity index (χ0n) is 14.9. The lowest BCUT2D eigenvalue weighted by atomic mass is 10.1. The van der Waals surface area contributed by atoms with Gasteiger partial charge >= 0.3 is 0 Å². The minimum absolute atomic E-state index is 0.132. The molecule has 0 atom stereocenters. The van der Waals surface area contributed by atoms with Crippen molar-refractivity contribution >= 4 is 5.96 Å². The summed E-state index contributed by atoms with van der Waals surface area (Å²) >= 11 is 0. The van der Waals surface area contributed by atoms with Gasteiger partial charge < -0.3 is 20.5 Å². The summed E-state index contributed by atoms with van der Waals surface area (Å²) in [4.78, 5) is 4.40. The van der Waals surface area contributed by atoms with E-state index in [1.807, 2.05) is 6.92 Å². The molecule has 5 nitrogen and oxygen atoms in total. The Hall–Kier alpha value is -2.83. The Morgan fingerprint density at radius 3 is 2.65 bits per heavy atom. The Bertz CT molecular complexity index is 766. The molecule has 2 aromatic carbocycles. The number of benzene rings is 2. The minimum Gasteiger partial charge on any atom is -0.508 e. The first-order valence-corrected chi connectivity index (χ1v) is 8.35. The van der Waals surface area contributed by atoms with Crippen LogP contribution in [0, 0.1) is 11.6 Å². The summed E-state index contributed by atoms with van der Waals surface area (Å²) in [6, 6.07) is 8.34. The number of aliphatic imine (C=N–C) groups is 1. The van der Waals surface area contributed by atoms with E-state index in [-0.39, 0.29) is 12.3 Å². The van der Waals surface area contributed by atoms with Crippen LogP contribution in [0.5, 0.6) is 11.5 Å². The van der Waals surface area contributed by atoms with E-state index in [4.69, 9.17) is 4.74 Å². The van der Waals surface area contributed by atoms with Crippen molar-refractivity contribution in [3.63, 3.8) is 0 Å². The molecule has 2 aromatic rings. The van der Waals surface area contributed by atoms with Crippen molar-refractivity contribution in [2.45, 2.75) is 19.9 Å². The number of nitrogens with one attached hydrogen (secondary N) is 2. The van der Waals surface area contributed by atoms with Gasteiger partial charge in [0.25, 0.3) is 0 Å². The van der Waals surface area contributed by atoms with E-state index in [2.05, 4.69) is 15.6 Å². The van der Waals surface area contributed by atoms with Gasteiger partial charge in [0.1, 0.15) is 23.1 Å². The van der Waals surface area contributed by atoms with Crippen molar-refractivity contribution in [3.8, 4) is 11.5 Å². The molecule has 26 heavy (non-hydrogen) atoms. The first kappa shape index (κ1) is 19.5.